The van der Waals surface area contributed by atoms with Crippen LogP contribution in [0.1, 0.15) is 50.3 Å². The molecular weight excluding hydrogens is 893 g/mol. The Morgan fingerprint density at radius 1 is 0.643 bits per heavy atom. The van der Waals surface area contributed by atoms with Crippen LogP contribution in [0.2, 0.25) is 18.1 Å². The Hall–Kier alpha value is -4.82. The number of rotatable bonds is 15. The highest BCUT2D eigenvalue weighted by Gasteiger charge is 2.54. The third-order valence-electron chi connectivity index (χ3n) is 14.9. The van der Waals surface area contributed by atoms with Crippen LogP contribution in [0.15, 0.2) is 164 Å². The van der Waals surface area contributed by atoms with E-state index in [2.05, 4.69) is 192 Å². The van der Waals surface area contributed by atoms with Gasteiger partial charge in [-0.25, -0.2) is 0 Å². The van der Waals surface area contributed by atoms with Crippen molar-refractivity contribution >= 4 is 40.6 Å². The Labute approximate surface area is 414 Å². The molecule has 0 aromatic heterocycles. The molecule has 0 radical (unpaired) electrons. The van der Waals surface area contributed by atoms with Crippen LogP contribution in [-0.4, -0.2) is 93.8 Å². The topological polar surface area (TPSA) is 94.1 Å². The molecule has 2 fully saturated rings. The second-order valence-corrected chi connectivity index (χ2v) is 25.7. The van der Waals surface area contributed by atoms with Crippen molar-refractivity contribution in [3.05, 3.63) is 181 Å². The monoisotopic (exact) mass is 960 g/mol. The third-order valence-corrected chi connectivity index (χ3v) is 19.4. The first-order valence-electron chi connectivity index (χ1n) is 25.1. The average Bonchev–Trinajstić information content (AvgIpc) is 3.67. The minimum Gasteiger partial charge on any atom is -0.408 e. The van der Waals surface area contributed by atoms with Crippen molar-refractivity contribution in [2.24, 2.45) is 0 Å². The SMILES string of the molecule is CC(C)(C)[Si](C)(C)O[C@H]1C=C[C@H]2O[C@H]3[C@H](OCc4ccc5ccccc5c4)[C@H]4O[C@@H](/C=C/[C@@H](COCc5ccc6ccccc6c5)OCc5ccc6ccccc6c5)C=CC[C@@H]4O[C@@H]3C[C@@H]2O[C@@H]1CO. The smallest absolute Gasteiger partial charge is 0.193 e. The average molecular weight is 961 g/mol. The summed E-state index contributed by atoms with van der Waals surface area (Å²) in [7, 11) is -2.20. The molecule has 0 bridgehead atoms. The summed E-state index contributed by atoms with van der Waals surface area (Å²) in [5.41, 5.74) is 3.27. The fraction of sp³-hybridized carbons (Fsp3) is 0.400. The molecule has 0 saturated carbocycles. The van der Waals surface area contributed by atoms with E-state index in [1.54, 1.807) is 0 Å². The van der Waals surface area contributed by atoms with Gasteiger partial charge in [0.2, 0.25) is 0 Å². The highest BCUT2D eigenvalue weighted by molar-refractivity contribution is 6.74. The predicted octanol–water partition coefficient (Wildman–Crippen LogP) is 11.7. The molecule has 11 atom stereocenters. The van der Waals surface area contributed by atoms with E-state index in [9.17, 15) is 5.11 Å². The predicted molar refractivity (Wildman–Crippen MR) is 279 cm³/mol. The van der Waals surface area contributed by atoms with Crippen molar-refractivity contribution in [1.82, 2.24) is 0 Å². The van der Waals surface area contributed by atoms with Crippen LogP contribution in [0, 0.1) is 0 Å². The Balaban J connectivity index is 0.891. The van der Waals surface area contributed by atoms with Gasteiger partial charge in [-0.3, -0.25) is 0 Å². The van der Waals surface area contributed by atoms with Gasteiger partial charge in [-0.1, -0.05) is 166 Å². The molecule has 10 heteroatoms. The minimum absolute atomic E-state index is 0.0106. The molecule has 4 aliphatic rings. The second-order valence-electron chi connectivity index (χ2n) is 20.9. The molecule has 6 aromatic rings. The van der Waals surface area contributed by atoms with E-state index >= 15 is 0 Å². The van der Waals surface area contributed by atoms with Crippen molar-refractivity contribution in [2.75, 3.05) is 13.2 Å². The standard InChI is InChI=1S/C60H68O9Si/c1-60(2,3)70(4,5)69-52-30-29-51-54(67-56(52)35-61)34-55-58(68-51)59(64-38-42-23-26-45-15-8-11-18-48(45)33-42)57-53(66-55)20-12-19-49(65-57)27-28-50(63-37-41-22-25-44-14-7-10-17-47(44)32-41)39-62-36-40-21-24-43-13-6-9-16-46(43)31-40/h6-19,21-33,49-59,61H,20,34-39H2,1-5H3/b28-27+/t49-,50+,51-,52+,53+,54+,55-,56-,57+,58-,59-/m1/s1. The summed E-state index contributed by atoms with van der Waals surface area (Å²) in [4.78, 5) is 0. The van der Waals surface area contributed by atoms with Crippen LogP contribution < -0.4 is 0 Å². The number of aliphatic hydroxyl groups is 1. The van der Waals surface area contributed by atoms with Crippen LogP contribution in [0.5, 0.6) is 0 Å². The molecule has 4 aliphatic heterocycles. The van der Waals surface area contributed by atoms with Gasteiger partial charge in [0.25, 0.3) is 0 Å². The lowest BCUT2D eigenvalue weighted by atomic mass is 9.87. The molecule has 0 unspecified atom stereocenters. The summed E-state index contributed by atoms with van der Waals surface area (Å²) < 4.78 is 54.9. The van der Waals surface area contributed by atoms with Gasteiger partial charge in [0.1, 0.15) is 30.5 Å². The Morgan fingerprint density at radius 2 is 1.23 bits per heavy atom. The number of ether oxygens (including phenoxy) is 7. The Kier molecular flexibility index (Phi) is 15.0. The van der Waals surface area contributed by atoms with Crippen molar-refractivity contribution in [3.63, 3.8) is 0 Å². The van der Waals surface area contributed by atoms with Gasteiger partial charge in [0.15, 0.2) is 8.32 Å². The number of benzene rings is 6. The maximum absolute atomic E-state index is 10.7. The van der Waals surface area contributed by atoms with Gasteiger partial charge in [0, 0.05) is 6.42 Å². The van der Waals surface area contributed by atoms with Crippen molar-refractivity contribution in [3.8, 4) is 0 Å². The molecule has 0 amide bonds. The lowest BCUT2D eigenvalue weighted by molar-refractivity contribution is -0.298. The summed E-state index contributed by atoms with van der Waals surface area (Å²) in [6.07, 6.45) is 9.30. The molecular formula is C60H68O9Si. The lowest BCUT2D eigenvalue weighted by Crippen LogP contribution is -2.64. The molecule has 6 aromatic carbocycles. The second kappa shape index (κ2) is 21.5. The Morgan fingerprint density at radius 3 is 1.84 bits per heavy atom. The molecule has 0 aliphatic carbocycles. The molecule has 1 N–H and O–H groups in total. The van der Waals surface area contributed by atoms with Gasteiger partial charge in [-0.15, -0.1) is 0 Å². The Bertz CT molecular complexity index is 2810. The van der Waals surface area contributed by atoms with Crippen LogP contribution in [0.3, 0.4) is 0 Å². The van der Waals surface area contributed by atoms with E-state index in [0.29, 0.717) is 39.3 Å². The van der Waals surface area contributed by atoms with Gasteiger partial charge in [0.05, 0.1) is 69.7 Å². The van der Waals surface area contributed by atoms with E-state index in [-0.39, 0.29) is 36.1 Å². The van der Waals surface area contributed by atoms with Crippen molar-refractivity contribution in [1.29, 1.82) is 0 Å². The highest BCUT2D eigenvalue weighted by Crippen LogP contribution is 2.42. The fourth-order valence-electron chi connectivity index (χ4n) is 10.00. The van der Waals surface area contributed by atoms with Gasteiger partial charge >= 0.3 is 0 Å². The molecule has 2 saturated heterocycles. The van der Waals surface area contributed by atoms with Crippen LogP contribution in [-0.2, 0) is 57.4 Å². The summed E-state index contributed by atoms with van der Waals surface area (Å²) >= 11 is 0. The zero-order chi connectivity index (χ0) is 48.2. The number of hydrogen-bond donors (Lipinski definition) is 1. The first-order chi connectivity index (χ1) is 34.0. The first kappa shape index (κ1) is 48.8. The number of hydrogen-bond acceptors (Lipinski definition) is 9. The molecule has 0 spiro atoms. The normalized spacial score (nSPS) is 27.5. The summed E-state index contributed by atoms with van der Waals surface area (Å²) in [6, 6.07) is 44.6. The van der Waals surface area contributed by atoms with Crippen LogP contribution >= 0.6 is 0 Å². The molecule has 9 nitrogen and oxygen atoms in total. The van der Waals surface area contributed by atoms with E-state index in [0.717, 1.165) is 22.1 Å². The summed E-state index contributed by atoms with van der Waals surface area (Å²) in [5.74, 6) is 0. The van der Waals surface area contributed by atoms with E-state index < -0.39 is 51.0 Å². The zero-order valence-electron chi connectivity index (χ0n) is 41.1. The van der Waals surface area contributed by atoms with E-state index in [4.69, 9.17) is 37.6 Å². The maximum Gasteiger partial charge on any atom is 0.193 e. The van der Waals surface area contributed by atoms with Crippen LogP contribution in [0.4, 0.5) is 0 Å². The summed E-state index contributed by atoms with van der Waals surface area (Å²) in [6.45, 7) is 12.6. The van der Waals surface area contributed by atoms with Crippen LogP contribution in [0.25, 0.3) is 32.3 Å². The van der Waals surface area contributed by atoms with E-state index in [1.165, 1.54) is 26.9 Å². The molecule has 10 rings (SSSR count). The number of fused-ring (bicyclic) bond motifs is 6. The summed E-state index contributed by atoms with van der Waals surface area (Å²) in [5, 5.41) is 17.8. The van der Waals surface area contributed by atoms with E-state index in [1.807, 2.05) is 6.08 Å². The van der Waals surface area contributed by atoms with Gasteiger partial charge in [-0.05, 0) is 91.8 Å². The number of aliphatic hydroxyl groups excluding tert-OH is 1. The largest absolute Gasteiger partial charge is 0.408 e. The van der Waals surface area contributed by atoms with Crippen molar-refractivity contribution in [2.45, 2.75) is 139 Å². The maximum atomic E-state index is 10.7. The highest BCUT2D eigenvalue weighted by atomic mass is 28.4. The van der Waals surface area contributed by atoms with Crippen molar-refractivity contribution < 1.29 is 42.7 Å². The molecule has 366 valence electrons. The van der Waals surface area contributed by atoms with Gasteiger partial charge in [-0.2, -0.15) is 0 Å². The molecule has 4 heterocycles. The third kappa shape index (κ3) is 11.3. The van der Waals surface area contributed by atoms with Gasteiger partial charge < -0.3 is 42.7 Å². The minimum atomic E-state index is -2.20. The molecule has 70 heavy (non-hydrogen) atoms. The quantitative estimate of drug-likeness (QED) is 0.0798. The fourth-order valence-corrected chi connectivity index (χ4v) is 11.3. The first-order valence-corrected chi connectivity index (χ1v) is 28.0. The lowest BCUT2D eigenvalue weighted by Gasteiger charge is -2.51. The zero-order valence-corrected chi connectivity index (χ0v) is 42.1.